The van der Waals surface area contributed by atoms with E-state index in [1.807, 2.05) is 46.9 Å². The summed E-state index contributed by atoms with van der Waals surface area (Å²) in [6.07, 6.45) is 0. The van der Waals surface area contributed by atoms with Gasteiger partial charge in [0.15, 0.2) is 11.0 Å². The molecule has 162 valence electrons. The third-order valence-corrected chi connectivity index (χ3v) is 5.94. The van der Waals surface area contributed by atoms with Gasteiger partial charge in [0.25, 0.3) is 5.91 Å². The first-order valence-electron chi connectivity index (χ1n) is 9.98. The van der Waals surface area contributed by atoms with E-state index in [0.29, 0.717) is 16.5 Å². The molecule has 0 unspecified atom stereocenters. The van der Waals surface area contributed by atoms with Gasteiger partial charge >= 0.3 is 0 Å². The summed E-state index contributed by atoms with van der Waals surface area (Å²) in [5, 5.41) is 14.7. The highest BCUT2D eigenvalue weighted by Gasteiger charge is 2.14. The highest BCUT2D eigenvalue weighted by molar-refractivity contribution is 7.99. The van der Waals surface area contributed by atoms with E-state index in [9.17, 15) is 9.59 Å². The summed E-state index contributed by atoms with van der Waals surface area (Å²) in [5.74, 6) is 0.570. The maximum Gasteiger partial charge on any atom is 0.251 e. The van der Waals surface area contributed by atoms with E-state index in [-0.39, 0.29) is 24.1 Å². The van der Waals surface area contributed by atoms with Crippen LogP contribution in [0, 0.1) is 27.7 Å². The molecule has 0 bridgehead atoms. The number of rotatable bonds is 7. The van der Waals surface area contributed by atoms with Crippen molar-refractivity contribution in [3.8, 4) is 0 Å². The van der Waals surface area contributed by atoms with Crippen LogP contribution in [0.25, 0.3) is 0 Å². The number of aromatic nitrogens is 3. The molecule has 0 fully saturated rings. The molecule has 1 heterocycles. The third-order valence-electron chi connectivity index (χ3n) is 4.92. The maximum absolute atomic E-state index is 12.4. The van der Waals surface area contributed by atoms with Gasteiger partial charge < -0.3 is 15.2 Å². The Morgan fingerprint density at radius 3 is 2.26 bits per heavy atom. The number of aryl methyl sites for hydroxylation is 4. The molecule has 0 atom stereocenters. The lowest BCUT2D eigenvalue weighted by molar-refractivity contribution is -0.113. The van der Waals surface area contributed by atoms with Crippen LogP contribution >= 0.6 is 11.8 Å². The Labute approximate surface area is 186 Å². The van der Waals surface area contributed by atoms with Gasteiger partial charge in [-0.3, -0.25) is 9.59 Å². The largest absolute Gasteiger partial charge is 0.345 e. The highest BCUT2D eigenvalue weighted by atomic mass is 32.2. The molecule has 3 aromatic rings. The number of carbonyl (C=O) groups excluding carboxylic acids is 2. The Balaban J connectivity index is 1.55. The van der Waals surface area contributed by atoms with Gasteiger partial charge in [0.1, 0.15) is 0 Å². The van der Waals surface area contributed by atoms with Crippen molar-refractivity contribution in [2.75, 3.05) is 11.1 Å². The van der Waals surface area contributed by atoms with E-state index in [1.54, 1.807) is 16.7 Å². The van der Waals surface area contributed by atoms with Crippen molar-refractivity contribution in [1.82, 2.24) is 20.1 Å². The number of hydrogen-bond donors (Lipinski definition) is 2. The summed E-state index contributed by atoms with van der Waals surface area (Å²) >= 11 is 1.31. The summed E-state index contributed by atoms with van der Waals surface area (Å²) in [6, 6.07) is 11.5. The smallest absolute Gasteiger partial charge is 0.251 e. The van der Waals surface area contributed by atoms with Gasteiger partial charge in [-0.2, -0.15) is 0 Å². The first-order chi connectivity index (χ1) is 14.7. The average Bonchev–Trinajstić information content (AvgIpc) is 3.07. The van der Waals surface area contributed by atoms with Crippen LogP contribution < -0.4 is 10.6 Å². The number of nitrogens with one attached hydrogen (secondary N) is 2. The van der Waals surface area contributed by atoms with Crippen molar-refractivity contribution in [1.29, 1.82) is 0 Å². The Hall–Kier alpha value is -3.13. The zero-order chi connectivity index (χ0) is 22.5. The molecular weight excluding hydrogens is 410 g/mol. The van der Waals surface area contributed by atoms with E-state index in [4.69, 9.17) is 0 Å². The van der Waals surface area contributed by atoms with Crippen LogP contribution in [-0.4, -0.2) is 32.3 Å². The normalized spacial score (nSPS) is 10.7. The van der Waals surface area contributed by atoms with Crippen LogP contribution in [0.3, 0.4) is 0 Å². The Bertz CT molecular complexity index is 1080. The average molecular weight is 438 g/mol. The van der Waals surface area contributed by atoms with Crippen LogP contribution in [0.2, 0.25) is 0 Å². The molecule has 3 rings (SSSR count). The van der Waals surface area contributed by atoms with Crippen LogP contribution in [0.1, 0.15) is 38.4 Å². The van der Waals surface area contributed by atoms with Crippen molar-refractivity contribution in [2.45, 2.75) is 39.4 Å². The fourth-order valence-corrected chi connectivity index (χ4v) is 4.00. The summed E-state index contributed by atoms with van der Waals surface area (Å²) in [7, 11) is 1.82. The molecule has 0 aliphatic heterocycles. The fourth-order valence-electron chi connectivity index (χ4n) is 3.27. The molecule has 2 N–H and O–H groups in total. The van der Waals surface area contributed by atoms with Crippen molar-refractivity contribution in [3.63, 3.8) is 0 Å². The second-order valence-corrected chi connectivity index (χ2v) is 8.56. The van der Waals surface area contributed by atoms with Crippen LogP contribution in [0.5, 0.6) is 0 Å². The number of carbonyl (C=O) groups is 2. The minimum absolute atomic E-state index is 0.0997. The highest BCUT2D eigenvalue weighted by Crippen LogP contribution is 2.23. The van der Waals surface area contributed by atoms with Crippen molar-refractivity contribution in [3.05, 3.63) is 70.0 Å². The second kappa shape index (κ2) is 9.78. The summed E-state index contributed by atoms with van der Waals surface area (Å²) in [4.78, 5) is 24.7. The molecule has 2 amide bonds. The van der Waals surface area contributed by atoms with E-state index < -0.39 is 0 Å². The molecular formula is C23H27N5O2S. The van der Waals surface area contributed by atoms with Gasteiger partial charge in [0, 0.05) is 18.3 Å². The fraction of sp³-hybridized carbons (Fsp3) is 0.304. The predicted octanol–water partition coefficient (Wildman–Crippen LogP) is 3.71. The lowest BCUT2D eigenvalue weighted by Gasteiger charge is -2.12. The van der Waals surface area contributed by atoms with Gasteiger partial charge in [-0.25, -0.2) is 0 Å². The quantitative estimate of drug-likeness (QED) is 0.550. The Kier molecular flexibility index (Phi) is 7.12. The number of nitrogens with zero attached hydrogens (tertiary/aromatic N) is 3. The summed E-state index contributed by atoms with van der Waals surface area (Å²) in [5.41, 5.74) is 5.81. The molecule has 0 radical (unpaired) electrons. The summed E-state index contributed by atoms with van der Waals surface area (Å²) < 4.78 is 1.79. The van der Waals surface area contributed by atoms with Crippen molar-refractivity contribution < 1.29 is 9.59 Å². The molecule has 0 aliphatic rings. The van der Waals surface area contributed by atoms with Gasteiger partial charge in [-0.1, -0.05) is 47.2 Å². The van der Waals surface area contributed by atoms with Gasteiger partial charge in [0.2, 0.25) is 5.91 Å². The maximum atomic E-state index is 12.4. The molecule has 0 saturated heterocycles. The van der Waals surface area contributed by atoms with Gasteiger partial charge in [0.05, 0.1) is 12.3 Å². The molecule has 0 aliphatic carbocycles. The SMILES string of the molecule is Cc1ccc(C(=O)NCc2nnc(SCC(=O)Nc3c(C)cc(C)cc3C)n2C)cc1. The standard InChI is InChI=1S/C23H27N5O2S/c1-14-6-8-18(9-7-14)22(30)24-12-19-26-27-23(28(19)5)31-13-20(29)25-21-16(3)10-15(2)11-17(21)4/h6-11H,12-13H2,1-5H3,(H,24,30)(H,25,29). The van der Waals surface area contributed by atoms with E-state index in [0.717, 1.165) is 22.4 Å². The topological polar surface area (TPSA) is 88.9 Å². The minimum atomic E-state index is -0.166. The zero-order valence-electron chi connectivity index (χ0n) is 18.4. The first kappa shape index (κ1) is 22.6. The molecule has 0 saturated carbocycles. The number of hydrogen-bond acceptors (Lipinski definition) is 5. The monoisotopic (exact) mass is 437 g/mol. The van der Waals surface area contributed by atoms with Crippen molar-refractivity contribution >= 4 is 29.3 Å². The van der Waals surface area contributed by atoms with Gasteiger partial charge in [-0.15, -0.1) is 10.2 Å². The van der Waals surface area contributed by atoms with Crippen molar-refractivity contribution in [2.24, 2.45) is 7.05 Å². The van der Waals surface area contributed by atoms with Crippen LogP contribution in [-0.2, 0) is 18.4 Å². The molecule has 0 spiro atoms. The number of anilines is 1. The lowest BCUT2D eigenvalue weighted by Crippen LogP contribution is -2.24. The van der Waals surface area contributed by atoms with E-state index >= 15 is 0 Å². The van der Waals surface area contributed by atoms with Crippen LogP contribution in [0.4, 0.5) is 5.69 Å². The Morgan fingerprint density at radius 1 is 0.968 bits per heavy atom. The number of amides is 2. The molecule has 1 aromatic heterocycles. The van der Waals surface area contributed by atoms with Crippen LogP contribution in [0.15, 0.2) is 41.6 Å². The molecule has 31 heavy (non-hydrogen) atoms. The summed E-state index contributed by atoms with van der Waals surface area (Å²) in [6.45, 7) is 8.25. The third kappa shape index (κ3) is 5.73. The van der Waals surface area contributed by atoms with Gasteiger partial charge in [-0.05, 0) is 51.0 Å². The minimum Gasteiger partial charge on any atom is -0.345 e. The Morgan fingerprint density at radius 2 is 1.61 bits per heavy atom. The lowest BCUT2D eigenvalue weighted by atomic mass is 10.1. The van der Waals surface area contributed by atoms with E-state index in [2.05, 4.69) is 33.0 Å². The molecule has 8 heteroatoms. The molecule has 2 aromatic carbocycles. The zero-order valence-corrected chi connectivity index (χ0v) is 19.3. The second-order valence-electron chi connectivity index (χ2n) is 7.62. The van der Waals surface area contributed by atoms with E-state index in [1.165, 1.54) is 17.3 Å². The first-order valence-corrected chi connectivity index (χ1v) is 11.0. The molecule has 7 nitrogen and oxygen atoms in total. The number of thioether (sulfide) groups is 1. The number of benzene rings is 2. The predicted molar refractivity (Wildman–Crippen MR) is 123 cm³/mol.